The number of likely N-dealkylation sites (tertiary alicyclic amines) is 2. The number of ether oxygens (including phenoxy) is 1. The Bertz CT molecular complexity index is 613. The summed E-state index contributed by atoms with van der Waals surface area (Å²) >= 11 is 0. The van der Waals surface area contributed by atoms with Crippen LogP contribution in [-0.2, 0) is 11.2 Å². The molecule has 4 rings (SSSR count). The van der Waals surface area contributed by atoms with Crippen molar-refractivity contribution in [3.63, 3.8) is 0 Å². The summed E-state index contributed by atoms with van der Waals surface area (Å²) in [6, 6.07) is 11.0. The number of amides is 2. The van der Waals surface area contributed by atoms with Gasteiger partial charge in [0.15, 0.2) is 0 Å². The van der Waals surface area contributed by atoms with E-state index in [0.717, 1.165) is 77.9 Å². The summed E-state index contributed by atoms with van der Waals surface area (Å²) in [6.07, 6.45) is 6.73. The van der Waals surface area contributed by atoms with Crippen molar-refractivity contribution in [2.45, 2.75) is 44.1 Å². The van der Waals surface area contributed by atoms with Crippen molar-refractivity contribution in [3.8, 4) is 0 Å². The van der Waals surface area contributed by atoms with Gasteiger partial charge in [0.1, 0.15) is 0 Å². The maximum Gasteiger partial charge on any atom is 0.320 e. The average molecular weight is 408 g/mol. The number of urea groups is 1. The molecule has 0 saturated carbocycles. The van der Waals surface area contributed by atoms with Gasteiger partial charge < -0.3 is 19.4 Å². The summed E-state index contributed by atoms with van der Waals surface area (Å²) in [6.45, 7) is 7.30. The van der Waals surface area contributed by atoms with E-state index in [0.29, 0.717) is 6.61 Å². The van der Waals surface area contributed by atoms with Gasteiger partial charge in [-0.1, -0.05) is 30.3 Å². The Labute approximate surface area is 175 Å². The van der Waals surface area contributed by atoms with E-state index >= 15 is 0 Å². The lowest BCUT2D eigenvalue weighted by Gasteiger charge is -2.48. The summed E-state index contributed by atoms with van der Waals surface area (Å²) in [4.78, 5) is 19.6. The summed E-state index contributed by atoms with van der Waals surface area (Å²) in [5.74, 6) is 0. The van der Waals surface area contributed by atoms with Gasteiger partial charge in [0.2, 0.25) is 0 Å². The fourth-order valence-corrected chi connectivity index (χ4v) is 4.71. The van der Waals surface area contributed by atoms with Gasteiger partial charge in [-0.2, -0.15) is 0 Å². The quantitative estimate of drug-likeness (QED) is 0.770. The Hall–Kier alpha value is -1.30. The number of piperidine rings is 2. The van der Waals surface area contributed by atoms with Crippen LogP contribution in [0, 0.1) is 0 Å². The van der Waals surface area contributed by atoms with Crippen LogP contribution in [0.2, 0.25) is 0 Å². The van der Waals surface area contributed by atoms with Crippen molar-refractivity contribution in [1.82, 2.24) is 14.7 Å². The summed E-state index contributed by atoms with van der Waals surface area (Å²) in [7, 11) is 0. The first kappa shape index (κ1) is 21.4. The van der Waals surface area contributed by atoms with E-state index in [-0.39, 0.29) is 24.0 Å². The standard InChI is InChI=1S/C22H33N3O2.ClH/c26-21(24-12-5-2-6-13-24)25-17-18-27-22(19-25)10-15-23(16-11-22)14-9-20-7-3-1-4-8-20;/h1,3-4,7-8H,2,5-6,9-19H2;1H. The Morgan fingerprint density at radius 3 is 2.36 bits per heavy atom. The molecule has 0 radical (unpaired) electrons. The number of carbonyl (C=O) groups excluding carboxylic acids is 1. The third kappa shape index (κ3) is 5.19. The molecular weight excluding hydrogens is 374 g/mol. The second kappa shape index (κ2) is 9.95. The number of nitrogens with zero attached hydrogens (tertiary/aromatic N) is 3. The maximum atomic E-state index is 12.9. The van der Waals surface area contributed by atoms with E-state index in [1.54, 1.807) is 0 Å². The number of rotatable bonds is 3. The Morgan fingerprint density at radius 1 is 0.929 bits per heavy atom. The van der Waals surface area contributed by atoms with Gasteiger partial charge in [0.25, 0.3) is 0 Å². The van der Waals surface area contributed by atoms with Gasteiger partial charge in [0, 0.05) is 39.3 Å². The molecule has 3 heterocycles. The van der Waals surface area contributed by atoms with Crippen LogP contribution in [0.25, 0.3) is 0 Å². The molecule has 3 aliphatic rings. The molecule has 0 atom stereocenters. The summed E-state index contributed by atoms with van der Waals surface area (Å²) < 4.78 is 6.25. The van der Waals surface area contributed by atoms with Gasteiger partial charge >= 0.3 is 6.03 Å². The van der Waals surface area contributed by atoms with Gasteiger partial charge in [-0.05, 0) is 44.1 Å². The van der Waals surface area contributed by atoms with E-state index in [2.05, 4.69) is 45.0 Å². The molecule has 156 valence electrons. The first-order valence-electron chi connectivity index (χ1n) is 10.7. The largest absolute Gasteiger partial charge is 0.371 e. The van der Waals surface area contributed by atoms with Crippen molar-refractivity contribution in [3.05, 3.63) is 35.9 Å². The molecule has 0 aliphatic carbocycles. The van der Waals surface area contributed by atoms with Gasteiger partial charge in [0.05, 0.1) is 18.8 Å². The van der Waals surface area contributed by atoms with Gasteiger partial charge in [-0.15, -0.1) is 12.4 Å². The van der Waals surface area contributed by atoms with Crippen LogP contribution in [-0.4, -0.2) is 78.8 Å². The van der Waals surface area contributed by atoms with Crippen LogP contribution in [0.1, 0.15) is 37.7 Å². The van der Waals surface area contributed by atoms with E-state index < -0.39 is 0 Å². The molecule has 3 aliphatic heterocycles. The predicted molar refractivity (Wildman–Crippen MR) is 114 cm³/mol. The normalized spacial score (nSPS) is 22.7. The number of morpholine rings is 1. The van der Waals surface area contributed by atoms with Gasteiger partial charge in [-0.3, -0.25) is 0 Å². The molecule has 1 aromatic carbocycles. The molecular formula is C22H34ClN3O2. The van der Waals surface area contributed by atoms with Crippen molar-refractivity contribution in [1.29, 1.82) is 0 Å². The Kier molecular flexibility index (Phi) is 7.61. The third-order valence-electron chi connectivity index (χ3n) is 6.47. The van der Waals surface area contributed by atoms with E-state index in [9.17, 15) is 4.79 Å². The lowest BCUT2D eigenvalue weighted by atomic mass is 9.89. The van der Waals surface area contributed by atoms with E-state index in [1.807, 2.05) is 0 Å². The predicted octanol–water partition coefficient (Wildman–Crippen LogP) is 3.42. The van der Waals surface area contributed by atoms with Crippen molar-refractivity contribution in [2.75, 3.05) is 52.4 Å². The zero-order valence-corrected chi connectivity index (χ0v) is 17.7. The zero-order valence-electron chi connectivity index (χ0n) is 16.9. The molecule has 0 bridgehead atoms. The number of hydrogen-bond acceptors (Lipinski definition) is 3. The highest BCUT2D eigenvalue weighted by atomic mass is 35.5. The highest BCUT2D eigenvalue weighted by Crippen LogP contribution is 2.31. The maximum absolute atomic E-state index is 12.9. The molecule has 5 nitrogen and oxygen atoms in total. The lowest BCUT2D eigenvalue weighted by Crippen LogP contribution is -2.60. The molecule has 28 heavy (non-hydrogen) atoms. The fraction of sp³-hybridized carbons (Fsp3) is 0.682. The molecule has 1 aromatic rings. The van der Waals surface area contributed by atoms with Crippen molar-refractivity contribution < 1.29 is 9.53 Å². The molecule has 0 N–H and O–H groups in total. The monoisotopic (exact) mass is 407 g/mol. The Balaban J connectivity index is 0.00000225. The second-order valence-corrected chi connectivity index (χ2v) is 8.36. The Morgan fingerprint density at radius 2 is 1.64 bits per heavy atom. The molecule has 0 unspecified atom stereocenters. The van der Waals surface area contributed by atoms with Gasteiger partial charge in [-0.25, -0.2) is 4.79 Å². The molecule has 1 spiro atoms. The smallest absolute Gasteiger partial charge is 0.320 e. The molecule has 6 heteroatoms. The molecule has 0 aromatic heterocycles. The highest BCUT2D eigenvalue weighted by molar-refractivity contribution is 5.85. The summed E-state index contributed by atoms with van der Waals surface area (Å²) in [5.41, 5.74) is 1.29. The molecule has 3 fully saturated rings. The number of carbonyl (C=O) groups is 1. The van der Waals surface area contributed by atoms with E-state index in [4.69, 9.17) is 4.74 Å². The summed E-state index contributed by atoms with van der Waals surface area (Å²) in [5, 5.41) is 0. The fourth-order valence-electron chi connectivity index (χ4n) is 4.71. The van der Waals surface area contributed by atoms with Crippen molar-refractivity contribution in [2.24, 2.45) is 0 Å². The molecule has 3 saturated heterocycles. The minimum absolute atomic E-state index is 0. The van der Waals surface area contributed by atoms with Crippen LogP contribution >= 0.6 is 12.4 Å². The van der Waals surface area contributed by atoms with Crippen LogP contribution in [0.15, 0.2) is 30.3 Å². The molecule has 2 amide bonds. The first-order chi connectivity index (χ1) is 13.2. The minimum atomic E-state index is -0.118. The SMILES string of the molecule is Cl.O=C(N1CCCCC1)N1CCOC2(CCN(CCc3ccccc3)CC2)C1. The lowest BCUT2D eigenvalue weighted by molar-refractivity contribution is -0.127. The van der Waals surface area contributed by atoms with Crippen LogP contribution in [0.4, 0.5) is 4.79 Å². The van der Waals surface area contributed by atoms with Crippen LogP contribution < -0.4 is 0 Å². The minimum Gasteiger partial charge on any atom is -0.371 e. The van der Waals surface area contributed by atoms with Crippen molar-refractivity contribution >= 4 is 18.4 Å². The third-order valence-corrected chi connectivity index (χ3v) is 6.47. The van der Waals surface area contributed by atoms with Crippen LogP contribution in [0.5, 0.6) is 0 Å². The first-order valence-corrected chi connectivity index (χ1v) is 10.7. The number of benzene rings is 1. The highest BCUT2D eigenvalue weighted by Gasteiger charge is 2.41. The van der Waals surface area contributed by atoms with E-state index in [1.165, 1.54) is 12.0 Å². The number of halogens is 1. The number of hydrogen-bond donors (Lipinski definition) is 0. The van der Waals surface area contributed by atoms with Crippen LogP contribution in [0.3, 0.4) is 0 Å². The zero-order chi connectivity index (χ0) is 18.5. The topological polar surface area (TPSA) is 36.0 Å². The second-order valence-electron chi connectivity index (χ2n) is 8.36. The average Bonchev–Trinajstić information content (AvgIpc) is 2.74.